The van der Waals surface area contributed by atoms with Crippen LogP contribution in [0.5, 0.6) is 0 Å². The summed E-state index contributed by atoms with van der Waals surface area (Å²) in [7, 11) is 0. The molecule has 3 rings (SSSR count). The number of aromatic amines is 2. The Kier molecular flexibility index (Phi) is 1.89. The highest BCUT2D eigenvalue weighted by atomic mass is 14.9. The van der Waals surface area contributed by atoms with E-state index in [4.69, 9.17) is 5.73 Å². The van der Waals surface area contributed by atoms with Crippen molar-refractivity contribution in [1.82, 2.24) is 15.0 Å². The first-order valence-corrected chi connectivity index (χ1v) is 5.27. The van der Waals surface area contributed by atoms with Crippen LogP contribution >= 0.6 is 0 Å². The second kappa shape index (κ2) is 3.24. The fourth-order valence-corrected chi connectivity index (χ4v) is 2.06. The van der Waals surface area contributed by atoms with E-state index in [2.05, 4.69) is 15.0 Å². The van der Waals surface area contributed by atoms with E-state index in [-0.39, 0.29) is 0 Å². The number of hydrogen-bond acceptors (Lipinski definition) is 2. The summed E-state index contributed by atoms with van der Waals surface area (Å²) in [5.41, 5.74) is 7.89. The number of nitrogens with two attached hydrogens (primary N) is 1. The third kappa shape index (κ3) is 1.47. The van der Waals surface area contributed by atoms with Crippen molar-refractivity contribution in [1.29, 1.82) is 0 Å². The minimum atomic E-state index is 0.369. The molecule has 2 aromatic heterocycles. The van der Waals surface area contributed by atoms with Crippen molar-refractivity contribution in [2.45, 2.75) is 24.8 Å². The monoisotopic (exact) mass is 202 g/mol. The smallest absolute Gasteiger partial charge is 0.109 e. The SMILES string of the molecule is NC1CC(c2ncc(-c3ccc[nH]3)[nH]2)C1. The molecule has 0 aromatic carbocycles. The molecule has 1 aliphatic rings. The highest BCUT2D eigenvalue weighted by Gasteiger charge is 2.29. The molecule has 78 valence electrons. The highest BCUT2D eigenvalue weighted by Crippen LogP contribution is 2.34. The van der Waals surface area contributed by atoms with Crippen LogP contribution in [0.2, 0.25) is 0 Å². The van der Waals surface area contributed by atoms with Gasteiger partial charge in [-0.25, -0.2) is 4.98 Å². The molecule has 0 saturated heterocycles. The highest BCUT2D eigenvalue weighted by molar-refractivity contribution is 5.53. The first-order chi connectivity index (χ1) is 7.33. The van der Waals surface area contributed by atoms with Crippen LogP contribution in [0.4, 0.5) is 0 Å². The number of nitrogens with zero attached hydrogens (tertiary/aromatic N) is 1. The summed E-state index contributed by atoms with van der Waals surface area (Å²) in [5, 5.41) is 0. The summed E-state index contributed by atoms with van der Waals surface area (Å²) >= 11 is 0. The molecule has 2 heterocycles. The first kappa shape index (κ1) is 8.73. The van der Waals surface area contributed by atoms with Gasteiger partial charge in [0, 0.05) is 18.2 Å². The van der Waals surface area contributed by atoms with Crippen LogP contribution in [0.15, 0.2) is 24.5 Å². The number of rotatable bonds is 2. The lowest BCUT2D eigenvalue weighted by Gasteiger charge is -2.30. The molecule has 2 aromatic rings. The summed E-state index contributed by atoms with van der Waals surface area (Å²) in [4.78, 5) is 10.9. The van der Waals surface area contributed by atoms with E-state index >= 15 is 0 Å². The molecule has 4 heteroatoms. The summed E-state index contributed by atoms with van der Waals surface area (Å²) in [5.74, 6) is 1.60. The van der Waals surface area contributed by atoms with Crippen molar-refractivity contribution in [3.63, 3.8) is 0 Å². The van der Waals surface area contributed by atoms with Gasteiger partial charge >= 0.3 is 0 Å². The summed E-state index contributed by atoms with van der Waals surface area (Å²) in [6, 6.07) is 4.38. The molecule has 15 heavy (non-hydrogen) atoms. The Hall–Kier alpha value is -1.55. The molecule has 0 spiro atoms. The molecule has 4 nitrogen and oxygen atoms in total. The number of hydrogen-bond donors (Lipinski definition) is 3. The topological polar surface area (TPSA) is 70.5 Å². The maximum absolute atomic E-state index is 5.76. The van der Waals surface area contributed by atoms with Crippen LogP contribution in [-0.4, -0.2) is 21.0 Å². The molecular weight excluding hydrogens is 188 g/mol. The van der Waals surface area contributed by atoms with Gasteiger partial charge in [-0.2, -0.15) is 0 Å². The lowest BCUT2D eigenvalue weighted by Crippen LogP contribution is -2.35. The second-order valence-electron chi connectivity index (χ2n) is 4.19. The van der Waals surface area contributed by atoms with Crippen molar-refractivity contribution in [2.75, 3.05) is 0 Å². The third-order valence-electron chi connectivity index (χ3n) is 3.04. The van der Waals surface area contributed by atoms with Gasteiger partial charge in [-0.3, -0.25) is 0 Å². The van der Waals surface area contributed by atoms with Crippen molar-refractivity contribution >= 4 is 0 Å². The predicted molar refractivity (Wildman–Crippen MR) is 58.3 cm³/mol. The van der Waals surface area contributed by atoms with Crippen LogP contribution in [0, 0.1) is 0 Å². The second-order valence-corrected chi connectivity index (χ2v) is 4.19. The molecule has 0 amide bonds. The lowest BCUT2D eigenvalue weighted by atomic mass is 9.80. The summed E-state index contributed by atoms with van der Waals surface area (Å²) in [6.45, 7) is 0. The molecule has 1 aliphatic carbocycles. The van der Waals surface area contributed by atoms with Crippen LogP contribution in [0.25, 0.3) is 11.4 Å². The number of aromatic nitrogens is 3. The van der Waals surface area contributed by atoms with E-state index < -0.39 is 0 Å². The Labute approximate surface area is 87.9 Å². The van der Waals surface area contributed by atoms with Crippen molar-refractivity contribution in [2.24, 2.45) is 5.73 Å². The Balaban J connectivity index is 1.82. The van der Waals surface area contributed by atoms with E-state index in [1.54, 1.807) is 0 Å². The predicted octanol–water partition coefficient (Wildman–Crippen LogP) is 1.61. The number of H-pyrrole nitrogens is 2. The standard InChI is InChI=1S/C11H14N4/c12-8-4-7(5-8)11-14-6-10(15-11)9-2-1-3-13-9/h1-3,6-8,13H,4-5,12H2,(H,14,15). The van der Waals surface area contributed by atoms with Crippen molar-refractivity contribution in [3.8, 4) is 11.4 Å². The molecular formula is C11H14N4. The number of nitrogens with one attached hydrogen (secondary N) is 2. The van der Waals surface area contributed by atoms with Gasteiger partial charge in [0.15, 0.2) is 0 Å². The van der Waals surface area contributed by atoms with Crippen LogP contribution in [0.3, 0.4) is 0 Å². The average Bonchev–Trinajstić information content (AvgIpc) is 2.83. The summed E-state index contributed by atoms with van der Waals surface area (Å²) in [6.07, 6.45) is 5.90. The molecule has 0 radical (unpaired) electrons. The van der Waals surface area contributed by atoms with Crippen molar-refractivity contribution in [3.05, 3.63) is 30.4 Å². The van der Waals surface area contributed by atoms with Gasteiger partial charge in [0.05, 0.1) is 17.6 Å². The maximum Gasteiger partial charge on any atom is 0.109 e. The van der Waals surface area contributed by atoms with E-state index in [0.717, 1.165) is 30.1 Å². The van der Waals surface area contributed by atoms with E-state index in [1.807, 2.05) is 24.5 Å². The van der Waals surface area contributed by atoms with Crippen LogP contribution < -0.4 is 5.73 Å². The normalized spacial score (nSPS) is 25.1. The minimum absolute atomic E-state index is 0.369. The van der Waals surface area contributed by atoms with Crippen LogP contribution in [-0.2, 0) is 0 Å². The molecule has 0 bridgehead atoms. The minimum Gasteiger partial charge on any atom is -0.360 e. The Bertz CT molecular complexity index is 437. The zero-order chi connectivity index (χ0) is 10.3. The molecule has 0 unspecified atom stereocenters. The zero-order valence-corrected chi connectivity index (χ0v) is 8.40. The van der Waals surface area contributed by atoms with Gasteiger partial charge in [-0.1, -0.05) is 0 Å². The van der Waals surface area contributed by atoms with Gasteiger partial charge in [0.25, 0.3) is 0 Å². The molecule has 1 fully saturated rings. The molecule has 0 atom stereocenters. The third-order valence-corrected chi connectivity index (χ3v) is 3.04. The van der Waals surface area contributed by atoms with E-state index in [1.165, 1.54) is 0 Å². The van der Waals surface area contributed by atoms with E-state index in [9.17, 15) is 0 Å². The Morgan fingerprint density at radius 3 is 2.87 bits per heavy atom. The molecule has 4 N–H and O–H groups in total. The van der Waals surface area contributed by atoms with Gasteiger partial charge in [0.2, 0.25) is 0 Å². The molecule has 1 saturated carbocycles. The Morgan fingerprint density at radius 1 is 1.33 bits per heavy atom. The number of imidazole rings is 1. The zero-order valence-electron chi connectivity index (χ0n) is 8.40. The quantitative estimate of drug-likeness (QED) is 0.692. The first-order valence-electron chi connectivity index (χ1n) is 5.27. The average molecular weight is 202 g/mol. The van der Waals surface area contributed by atoms with Gasteiger partial charge < -0.3 is 15.7 Å². The van der Waals surface area contributed by atoms with Gasteiger partial charge in [0.1, 0.15) is 5.82 Å². The van der Waals surface area contributed by atoms with Gasteiger partial charge in [-0.15, -0.1) is 0 Å². The van der Waals surface area contributed by atoms with Gasteiger partial charge in [-0.05, 0) is 25.0 Å². The van der Waals surface area contributed by atoms with E-state index in [0.29, 0.717) is 12.0 Å². The lowest BCUT2D eigenvalue weighted by molar-refractivity contribution is 0.340. The summed E-state index contributed by atoms with van der Waals surface area (Å²) < 4.78 is 0. The van der Waals surface area contributed by atoms with Crippen molar-refractivity contribution < 1.29 is 0 Å². The maximum atomic E-state index is 5.76. The Morgan fingerprint density at radius 2 is 2.20 bits per heavy atom. The molecule has 0 aliphatic heterocycles. The fourth-order valence-electron chi connectivity index (χ4n) is 2.06. The van der Waals surface area contributed by atoms with Crippen LogP contribution in [0.1, 0.15) is 24.6 Å². The largest absolute Gasteiger partial charge is 0.360 e. The fraction of sp³-hybridized carbons (Fsp3) is 0.364.